The quantitative estimate of drug-likeness (QED) is 0.726. The smallest absolute Gasteiger partial charge is 0.319 e. The molecule has 0 fully saturated rings. The Balaban J connectivity index is 1.69. The van der Waals surface area contributed by atoms with Crippen molar-refractivity contribution in [3.8, 4) is 0 Å². The Morgan fingerprint density at radius 1 is 1.05 bits per heavy atom. The van der Waals surface area contributed by atoms with Gasteiger partial charge in [0.1, 0.15) is 0 Å². The molecule has 0 aliphatic carbocycles. The summed E-state index contributed by atoms with van der Waals surface area (Å²) < 4.78 is 0. The second-order valence-corrected chi connectivity index (χ2v) is 5.00. The molecule has 0 saturated heterocycles. The average molecular weight is 313 g/mol. The molecular weight excluding hydrogens is 300 g/mol. The molecule has 3 aromatic rings. The van der Waals surface area contributed by atoms with E-state index < -0.39 is 0 Å². The van der Waals surface area contributed by atoms with E-state index in [1.54, 1.807) is 24.5 Å². The van der Waals surface area contributed by atoms with Gasteiger partial charge in [-0.1, -0.05) is 35.9 Å². The topological polar surface area (TPSA) is 66.9 Å². The molecule has 0 bridgehead atoms. The summed E-state index contributed by atoms with van der Waals surface area (Å²) in [5.41, 5.74) is 2.30. The molecule has 6 heteroatoms. The first-order valence-corrected chi connectivity index (χ1v) is 7.10. The fourth-order valence-corrected chi connectivity index (χ4v) is 2.30. The number of fused-ring (bicyclic) bond motifs is 1. The van der Waals surface area contributed by atoms with Gasteiger partial charge >= 0.3 is 6.03 Å². The van der Waals surface area contributed by atoms with Crippen molar-refractivity contribution in [1.29, 1.82) is 0 Å². The van der Waals surface area contributed by atoms with Crippen LogP contribution in [0.1, 0.15) is 5.56 Å². The summed E-state index contributed by atoms with van der Waals surface area (Å²) in [5.74, 6) is 0. The molecule has 2 amide bonds. The second-order valence-electron chi connectivity index (χ2n) is 4.64. The number of carbonyl (C=O) groups excluding carboxylic acids is 1. The summed E-state index contributed by atoms with van der Waals surface area (Å²) in [6.45, 7) is 0.373. The van der Waals surface area contributed by atoms with Crippen LogP contribution in [0.25, 0.3) is 10.9 Å². The number of nitrogens with one attached hydrogen (secondary N) is 2. The van der Waals surface area contributed by atoms with E-state index in [4.69, 9.17) is 11.6 Å². The van der Waals surface area contributed by atoms with Crippen molar-refractivity contribution in [3.05, 3.63) is 65.6 Å². The number of pyridine rings is 2. The fraction of sp³-hybridized carbons (Fsp3) is 0.0625. The monoisotopic (exact) mass is 312 g/mol. The zero-order valence-electron chi connectivity index (χ0n) is 11.6. The Kier molecular flexibility index (Phi) is 4.16. The Bertz CT molecular complexity index is 817. The molecule has 110 valence electrons. The number of hydrogen-bond acceptors (Lipinski definition) is 3. The zero-order chi connectivity index (χ0) is 15.4. The Labute approximate surface area is 132 Å². The number of hydrogen-bond donors (Lipinski definition) is 2. The first-order chi connectivity index (χ1) is 10.7. The van der Waals surface area contributed by atoms with E-state index in [9.17, 15) is 4.79 Å². The van der Waals surface area contributed by atoms with Gasteiger partial charge in [-0.3, -0.25) is 4.98 Å². The third-order valence-corrected chi connectivity index (χ3v) is 3.46. The molecule has 2 aromatic heterocycles. The summed E-state index contributed by atoms with van der Waals surface area (Å²) in [7, 11) is 0. The van der Waals surface area contributed by atoms with Crippen molar-refractivity contribution in [2.24, 2.45) is 0 Å². The summed E-state index contributed by atoms with van der Waals surface area (Å²) in [5, 5.41) is 6.75. The lowest BCUT2D eigenvalue weighted by Crippen LogP contribution is -2.28. The minimum Gasteiger partial charge on any atom is -0.334 e. The van der Waals surface area contributed by atoms with E-state index in [2.05, 4.69) is 20.6 Å². The highest BCUT2D eigenvalue weighted by Gasteiger charge is 2.07. The molecule has 22 heavy (non-hydrogen) atoms. The third-order valence-electron chi connectivity index (χ3n) is 3.16. The molecule has 0 unspecified atom stereocenters. The van der Waals surface area contributed by atoms with Crippen molar-refractivity contribution in [3.63, 3.8) is 0 Å². The van der Waals surface area contributed by atoms with Crippen LogP contribution in [-0.4, -0.2) is 16.0 Å². The van der Waals surface area contributed by atoms with Crippen LogP contribution in [0.15, 0.2) is 54.9 Å². The second kappa shape index (κ2) is 6.41. The summed E-state index contributed by atoms with van der Waals surface area (Å²) >= 11 is 5.90. The van der Waals surface area contributed by atoms with Gasteiger partial charge < -0.3 is 10.6 Å². The Hall–Kier alpha value is -2.66. The maximum Gasteiger partial charge on any atom is 0.319 e. The molecule has 1 aromatic carbocycles. The van der Waals surface area contributed by atoms with Crippen LogP contribution in [0.4, 0.5) is 10.5 Å². The zero-order valence-corrected chi connectivity index (χ0v) is 12.3. The number of aromatic nitrogens is 2. The lowest BCUT2D eigenvalue weighted by atomic mass is 10.1. The lowest BCUT2D eigenvalue weighted by Gasteiger charge is -2.09. The van der Waals surface area contributed by atoms with Crippen LogP contribution in [0.3, 0.4) is 0 Å². The number of urea groups is 1. The van der Waals surface area contributed by atoms with Crippen LogP contribution >= 0.6 is 11.6 Å². The van der Waals surface area contributed by atoms with Crippen LogP contribution < -0.4 is 10.6 Å². The van der Waals surface area contributed by atoms with E-state index in [1.807, 2.05) is 30.3 Å². The van der Waals surface area contributed by atoms with E-state index in [1.165, 1.54) is 0 Å². The van der Waals surface area contributed by atoms with Gasteiger partial charge in [-0.15, -0.1) is 0 Å². The fourth-order valence-electron chi connectivity index (χ4n) is 2.13. The molecule has 0 spiro atoms. The van der Waals surface area contributed by atoms with E-state index >= 15 is 0 Å². The number of rotatable bonds is 3. The van der Waals surface area contributed by atoms with Gasteiger partial charge in [0.05, 0.1) is 11.2 Å². The van der Waals surface area contributed by atoms with E-state index in [0.717, 1.165) is 16.5 Å². The number of amides is 2. The third kappa shape index (κ3) is 3.15. The largest absolute Gasteiger partial charge is 0.334 e. The van der Waals surface area contributed by atoms with Crippen LogP contribution in [-0.2, 0) is 6.54 Å². The number of para-hydroxylation sites is 1. The van der Waals surface area contributed by atoms with Gasteiger partial charge in [0, 0.05) is 24.3 Å². The number of benzene rings is 1. The normalized spacial score (nSPS) is 10.4. The summed E-state index contributed by atoms with van der Waals surface area (Å²) in [6, 6.07) is 12.8. The first kappa shape index (κ1) is 14.3. The SMILES string of the molecule is O=C(NCc1cccc2cccnc12)Nc1cccnc1Cl. The highest BCUT2D eigenvalue weighted by atomic mass is 35.5. The van der Waals surface area contributed by atoms with E-state index in [-0.39, 0.29) is 11.2 Å². The van der Waals surface area contributed by atoms with Crippen LogP contribution in [0.5, 0.6) is 0 Å². The van der Waals surface area contributed by atoms with Crippen molar-refractivity contribution in [2.45, 2.75) is 6.54 Å². The van der Waals surface area contributed by atoms with Gasteiger partial charge in [0.2, 0.25) is 0 Å². The predicted octanol–water partition coefficient (Wildman–Crippen LogP) is 3.60. The average Bonchev–Trinajstić information content (AvgIpc) is 2.55. The van der Waals surface area contributed by atoms with Gasteiger partial charge in [-0.05, 0) is 23.8 Å². The maximum absolute atomic E-state index is 11.9. The molecule has 0 aliphatic rings. The summed E-state index contributed by atoms with van der Waals surface area (Å²) in [6.07, 6.45) is 3.30. The van der Waals surface area contributed by atoms with Gasteiger partial charge in [0.25, 0.3) is 0 Å². The Morgan fingerprint density at radius 3 is 2.68 bits per heavy atom. The van der Waals surface area contributed by atoms with Gasteiger partial charge in [0.15, 0.2) is 5.15 Å². The highest BCUT2D eigenvalue weighted by molar-refractivity contribution is 6.32. The van der Waals surface area contributed by atoms with Crippen molar-refractivity contribution in [2.75, 3.05) is 5.32 Å². The van der Waals surface area contributed by atoms with Gasteiger partial charge in [-0.25, -0.2) is 9.78 Å². The molecule has 0 aliphatic heterocycles. The summed E-state index contributed by atoms with van der Waals surface area (Å²) in [4.78, 5) is 20.2. The molecular formula is C16H13ClN4O. The van der Waals surface area contributed by atoms with Crippen molar-refractivity contribution >= 4 is 34.2 Å². The van der Waals surface area contributed by atoms with Crippen LogP contribution in [0, 0.1) is 0 Å². The standard InChI is InChI=1S/C16H13ClN4O/c17-15-13(7-3-9-19-15)21-16(22)20-10-12-5-1-4-11-6-2-8-18-14(11)12/h1-9H,10H2,(H2,20,21,22). The van der Waals surface area contributed by atoms with Crippen molar-refractivity contribution < 1.29 is 4.79 Å². The maximum atomic E-state index is 11.9. The predicted molar refractivity (Wildman–Crippen MR) is 86.8 cm³/mol. The molecule has 0 radical (unpaired) electrons. The number of anilines is 1. The molecule has 2 heterocycles. The molecule has 5 nitrogen and oxygen atoms in total. The number of nitrogens with zero attached hydrogens (tertiary/aromatic N) is 2. The minimum atomic E-state index is -0.345. The van der Waals surface area contributed by atoms with Crippen molar-refractivity contribution in [1.82, 2.24) is 15.3 Å². The first-order valence-electron chi connectivity index (χ1n) is 6.72. The Morgan fingerprint density at radius 2 is 1.82 bits per heavy atom. The lowest BCUT2D eigenvalue weighted by molar-refractivity contribution is 0.252. The van der Waals surface area contributed by atoms with Gasteiger partial charge in [-0.2, -0.15) is 0 Å². The van der Waals surface area contributed by atoms with E-state index in [0.29, 0.717) is 12.2 Å². The van der Waals surface area contributed by atoms with Crippen LogP contribution in [0.2, 0.25) is 5.15 Å². The molecule has 2 N–H and O–H groups in total. The number of carbonyl (C=O) groups is 1. The highest BCUT2D eigenvalue weighted by Crippen LogP contribution is 2.18. The molecule has 0 atom stereocenters. The minimum absolute atomic E-state index is 0.254. The number of halogens is 1. The molecule has 0 saturated carbocycles. The molecule has 3 rings (SSSR count).